The Balaban J connectivity index is 0.00000220. The molecule has 1 aromatic rings. The minimum absolute atomic E-state index is 0. The molecular weight excluding hydrogens is 301 g/mol. The van der Waals surface area contributed by atoms with E-state index >= 15 is 0 Å². The Bertz CT molecular complexity index is 533. The van der Waals surface area contributed by atoms with Crippen LogP contribution >= 0.6 is 12.4 Å². The highest BCUT2D eigenvalue weighted by Gasteiger charge is 2.28. The van der Waals surface area contributed by atoms with Crippen LogP contribution in [0.15, 0.2) is 18.2 Å². The molecule has 0 radical (unpaired) electrons. The number of carbonyl (C=O) groups excluding carboxylic acids is 1. The van der Waals surface area contributed by atoms with E-state index in [1.54, 1.807) is 4.90 Å². The zero-order valence-electron chi connectivity index (χ0n) is 11.3. The smallest absolute Gasteiger partial charge is 0.285 e. The SMILES string of the molecule is Cl.NCC1CCN(C(=O)c2ccc(F)cc2[N+](=O)[O-])CC1. The molecule has 0 unspecified atom stereocenters. The lowest BCUT2D eigenvalue weighted by atomic mass is 9.96. The minimum Gasteiger partial charge on any atom is -0.338 e. The van der Waals surface area contributed by atoms with E-state index < -0.39 is 22.3 Å². The molecule has 1 aliphatic rings. The summed E-state index contributed by atoms with van der Waals surface area (Å²) in [6.45, 7) is 1.63. The molecule has 6 nitrogen and oxygen atoms in total. The number of nitro groups is 1. The highest BCUT2D eigenvalue weighted by molar-refractivity contribution is 5.98. The number of halogens is 2. The van der Waals surface area contributed by atoms with Crippen LogP contribution in [0.5, 0.6) is 0 Å². The fourth-order valence-corrected chi connectivity index (χ4v) is 2.38. The summed E-state index contributed by atoms with van der Waals surface area (Å²) in [7, 11) is 0. The van der Waals surface area contributed by atoms with Crippen LogP contribution in [0.1, 0.15) is 23.2 Å². The average Bonchev–Trinajstić information content (AvgIpc) is 2.46. The third-order valence-electron chi connectivity index (χ3n) is 3.62. The van der Waals surface area contributed by atoms with E-state index in [0.717, 1.165) is 25.0 Å². The lowest BCUT2D eigenvalue weighted by molar-refractivity contribution is -0.385. The van der Waals surface area contributed by atoms with Gasteiger partial charge in [-0.3, -0.25) is 14.9 Å². The van der Waals surface area contributed by atoms with Gasteiger partial charge in [-0.05, 0) is 37.4 Å². The molecule has 0 aromatic heterocycles. The summed E-state index contributed by atoms with van der Waals surface area (Å²) >= 11 is 0. The lowest BCUT2D eigenvalue weighted by Crippen LogP contribution is -2.40. The molecule has 21 heavy (non-hydrogen) atoms. The van der Waals surface area contributed by atoms with E-state index in [1.807, 2.05) is 0 Å². The van der Waals surface area contributed by atoms with E-state index in [1.165, 1.54) is 6.07 Å². The first kappa shape index (κ1) is 17.3. The molecule has 8 heteroatoms. The Kier molecular flexibility index (Phi) is 6.04. The van der Waals surface area contributed by atoms with E-state index in [9.17, 15) is 19.3 Å². The number of hydrogen-bond acceptors (Lipinski definition) is 4. The Hall–Kier alpha value is -1.73. The van der Waals surface area contributed by atoms with Crippen molar-refractivity contribution in [3.63, 3.8) is 0 Å². The maximum atomic E-state index is 13.1. The van der Waals surface area contributed by atoms with Crippen molar-refractivity contribution in [3.05, 3.63) is 39.7 Å². The highest BCUT2D eigenvalue weighted by Crippen LogP contribution is 2.24. The second kappa shape index (κ2) is 7.33. The van der Waals surface area contributed by atoms with Crippen molar-refractivity contribution in [2.45, 2.75) is 12.8 Å². The third-order valence-corrected chi connectivity index (χ3v) is 3.62. The van der Waals surface area contributed by atoms with Gasteiger partial charge in [0.1, 0.15) is 11.4 Å². The molecule has 1 aliphatic heterocycles. The molecule has 116 valence electrons. The van der Waals surface area contributed by atoms with Crippen molar-refractivity contribution in [1.29, 1.82) is 0 Å². The van der Waals surface area contributed by atoms with E-state index in [4.69, 9.17) is 5.73 Å². The topological polar surface area (TPSA) is 89.5 Å². The quantitative estimate of drug-likeness (QED) is 0.681. The van der Waals surface area contributed by atoms with Crippen molar-refractivity contribution < 1.29 is 14.1 Å². The normalized spacial score (nSPS) is 15.4. The summed E-state index contributed by atoms with van der Waals surface area (Å²) in [5, 5.41) is 10.9. The van der Waals surface area contributed by atoms with Gasteiger partial charge in [0.2, 0.25) is 0 Å². The fourth-order valence-electron chi connectivity index (χ4n) is 2.38. The standard InChI is InChI=1S/C13H16FN3O3.ClH/c14-10-1-2-11(12(7-10)17(19)20)13(18)16-5-3-9(8-15)4-6-16;/h1-2,7,9H,3-6,8,15H2;1H. The molecule has 1 heterocycles. The summed E-state index contributed by atoms with van der Waals surface area (Å²) in [6, 6.07) is 3.01. The molecule has 0 aliphatic carbocycles. The number of amides is 1. The van der Waals surface area contributed by atoms with Gasteiger partial charge in [-0.1, -0.05) is 0 Å². The lowest BCUT2D eigenvalue weighted by Gasteiger charge is -2.31. The maximum absolute atomic E-state index is 13.1. The van der Waals surface area contributed by atoms with Crippen LogP contribution < -0.4 is 5.73 Å². The number of piperidine rings is 1. The van der Waals surface area contributed by atoms with Gasteiger partial charge in [0.25, 0.3) is 11.6 Å². The number of nitrogens with zero attached hydrogens (tertiary/aromatic N) is 2. The second-order valence-corrected chi connectivity index (χ2v) is 4.89. The number of carbonyl (C=O) groups is 1. The van der Waals surface area contributed by atoms with Gasteiger partial charge < -0.3 is 10.6 Å². The zero-order chi connectivity index (χ0) is 14.7. The van der Waals surface area contributed by atoms with Gasteiger partial charge >= 0.3 is 0 Å². The first-order chi connectivity index (χ1) is 9.52. The van der Waals surface area contributed by atoms with Crippen LogP contribution in [0.2, 0.25) is 0 Å². The number of hydrogen-bond donors (Lipinski definition) is 1. The van der Waals surface area contributed by atoms with Crippen molar-refractivity contribution >= 4 is 24.0 Å². The summed E-state index contributed by atoms with van der Waals surface area (Å²) in [6.07, 6.45) is 1.58. The van der Waals surface area contributed by atoms with Crippen molar-refractivity contribution in [2.75, 3.05) is 19.6 Å². The Morgan fingerprint density at radius 3 is 2.57 bits per heavy atom. The highest BCUT2D eigenvalue weighted by atomic mass is 35.5. The summed E-state index contributed by atoms with van der Waals surface area (Å²) in [5.41, 5.74) is 5.03. The van der Waals surface area contributed by atoms with Crippen LogP contribution in [-0.4, -0.2) is 35.4 Å². The summed E-state index contributed by atoms with van der Waals surface area (Å²) in [4.78, 5) is 24.0. The fraction of sp³-hybridized carbons (Fsp3) is 0.462. The largest absolute Gasteiger partial charge is 0.338 e. The molecule has 0 saturated carbocycles. The van der Waals surface area contributed by atoms with Crippen molar-refractivity contribution in [2.24, 2.45) is 11.7 Å². The predicted octanol–water partition coefficient (Wildman–Crippen LogP) is 1.97. The summed E-state index contributed by atoms with van der Waals surface area (Å²) in [5.74, 6) is -0.760. The molecule has 1 amide bonds. The molecule has 2 rings (SSSR count). The van der Waals surface area contributed by atoms with Crippen LogP contribution in [0, 0.1) is 21.8 Å². The van der Waals surface area contributed by atoms with E-state index in [2.05, 4.69) is 0 Å². The monoisotopic (exact) mass is 317 g/mol. The molecule has 1 aromatic carbocycles. The van der Waals surface area contributed by atoms with Gasteiger partial charge in [0.05, 0.1) is 11.0 Å². The molecule has 1 fully saturated rings. The van der Waals surface area contributed by atoms with E-state index in [-0.39, 0.29) is 18.0 Å². The predicted molar refractivity (Wildman–Crippen MR) is 78.0 cm³/mol. The second-order valence-electron chi connectivity index (χ2n) is 4.89. The first-order valence-electron chi connectivity index (χ1n) is 6.46. The summed E-state index contributed by atoms with van der Waals surface area (Å²) < 4.78 is 13.1. The first-order valence-corrected chi connectivity index (χ1v) is 6.46. The molecule has 1 saturated heterocycles. The van der Waals surface area contributed by atoms with Crippen LogP contribution in [0.4, 0.5) is 10.1 Å². The van der Waals surface area contributed by atoms with Crippen molar-refractivity contribution in [1.82, 2.24) is 4.90 Å². The van der Waals surface area contributed by atoms with E-state index in [0.29, 0.717) is 25.6 Å². The van der Waals surface area contributed by atoms with Crippen LogP contribution in [0.25, 0.3) is 0 Å². The van der Waals surface area contributed by atoms with Gasteiger partial charge in [0.15, 0.2) is 0 Å². The zero-order valence-corrected chi connectivity index (χ0v) is 12.1. The average molecular weight is 318 g/mol. The minimum atomic E-state index is -0.733. The molecule has 0 bridgehead atoms. The molecule has 0 spiro atoms. The van der Waals surface area contributed by atoms with Crippen LogP contribution in [-0.2, 0) is 0 Å². The molecular formula is C13H17ClFN3O3. The Labute approximate surface area is 127 Å². The van der Waals surface area contributed by atoms with Crippen molar-refractivity contribution in [3.8, 4) is 0 Å². The number of nitro benzene ring substituents is 1. The van der Waals surface area contributed by atoms with Gasteiger partial charge in [-0.25, -0.2) is 4.39 Å². The Morgan fingerprint density at radius 1 is 1.43 bits per heavy atom. The van der Waals surface area contributed by atoms with Gasteiger partial charge in [-0.2, -0.15) is 0 Å². The number of benzene rings is 1. The number of rotatable bonds is 3. The number of likely N-dealkylation sites (tertiary alicyclic amines) is 1. The molecule has 2 N–H and O–H groups in total. The van der Waals surface area contributed by atoms with Crippen LogP contribution in [0.3, 0.4) is 0 Å². The van der Waals surface area contributed by atoms with Gasteiger partial charge in [-0.15, -0.1) is 12.4 Å². The third kappa shape index (κ3) is 3.89. The number of nitrogens with two attached hydrogens (primary N) is 1. The maximum Gasteiger partial charge on any atom is 0.285 e. The molecule has 0 atom stereocenters. The Morgan fingerprint density at radius 2 is 2.05 bits per heavy atom. The van der Waals surface area contributed by atoms with Gasteiger partial charge in [0, 0.05) is 13.1 Å².